The number of hydrogen-bond acceptors (Lipinski definition) is 5. The van der Waals surface area contributed by atoms with Gasteiger partial charge in [0.25, 0.3) is 5.91 Å². The molecule has 0 fully saturated rings. The molecule has 2 rings (SSSR count). The number of benzene rings is 2. The van der Waals surface area contributed by atoms with Crippen LogP contribution in [0, 0.1) is 6.92 Å². The van der Waals surface area contributed by atoms with Crippen LogP contribution in [0.1, 0.15) is 15.9 Å². The van der Waals surface area contributed by atoms with E-state index >= 15 is 0 Å². The van der Waals surface area contributed by atoms with Crippen molar-refractivity contribution in [2.75, 3.05) is 26.1 Å². The zero-order chi connectivity index (χ0) is 17.5. The number of aryl methyl sites for hydroxylation is 1. The predicted molar refractivity (Wildman–Crippen MR) is 90.2 cm³/mol. The Balaban J connectivity index is 2.06. The summed E-state index contributed by atoms with van der Waals surface area (Å²) in [5.41, 5.74) is 2.00. The first kappa shape index (κ1) is 17.3. The maximum absolute atomic E-state index is 12.1. The van der Waals surface area contributed by atoms with Crippen molar-refractivity contribution in [1.82, 2.24) is 0 Å². The predicted octanol–water partition coefficient (Wildman–Crippen LogP) is 2.84. The van der Waals surface area contributed by atoms with Crippen LogP contribution in [0.15, 0.2) is 36.4 Å². The van der Waals surface area contributed by atoms with E-state index in [1.54, 1.807) is 18.2 Å². The van der Waals surface area contributed by atoms with Crippen molar-refractivity contribution >= 4 is 17.9 Å². The molecule has 0 aliphatic heterocycles. The largest absolute Gasteiger partial charge is 0.495 e. The molecular formula is C18H19NO5. The third-order valence-electron chi connectivity index (χ3n) is 3.31. The van der Waals surface area contributed by atoms with Crippen LogP contribution < -0.4 is 19.5 Å². The highest BCUT2D eigenvalue weighted by Gasteiger charge is 2.11. The molecule has 1 amide bonds. The summed E-state index contributed by atoms with van der Waals surface area (Å²) in [7, 11) is 3.02. The topological polar surface area (TPSA) is 73.9 Å². The number of carbonyl (C=O) groups excluding carboxylic acids is 2. The first-order valence-corrected chi connectivity index (χ1v) is 7.28. The number of amides is 1. The normalized spacial score (nSPS) is 9.96. The molecule has 0 radical (unpaired) electrons. The average molecular weight is 329 g/mol. The SMILES string of the molecule is COc1ccc(C)cc1NC(=O)COc1cc(C=O)ccc1OC. The van der Waals surface area contributed by atoms with Gasteiger partial charge < -0.3 is 19.5 Å². The van der Waals surface area contributed by atoms with Crippen LogP contribution in [0.2, 0.25) is 0 Å². The quantitative estimate of drug-likeness (QED) is 0.791. The van der Waals surface area contributed by atoms with Crippen LogP contribution in [0.25, 0.3) is 0 Å². The minimum Gasteiger partial charge on any atom is -0.495 e. The lowest BCUT2D eigenvalue weighted by atomic mass is 10.2. The number of anilines is 1. The molecule has 0 aliphatic carbocycles. The Morgan fingerprint density at radius 1 is 1.04 bits per heavy atom. The maximum atomic E-state index is 12.1. The molecule has 0 saturated heterocycles. The van der Waals surface area contributed by atoms with Gasteiger partial charge in [-0.25, -0.2) is 0 Å². The van der Waals surface area contributed by atoms with E-state index in [2.05, 4.69) is 5.32 Å². The molecule has 0 aliphatic rings. The van der Waals surface area contributed by atoms with Gasteiger partial charge in [-0.3, -0.25) is 9.59 Å². The molecule has 2 aromatic rings. The van der Waals surface area contributed by atoms with Gasteiger partial charge in [0, 0.05) is 5.56 Å². The summed E-state index contributed by atoms with van der Waals surface area (Å²) in [5, 5.41) is 2.74. The Labute approximate surface area is 140 Å². The van der Waals surface area contributed by atoms with Crippen molar-refractivity contribution < 1.29 is 23.8 Å². The molecule has 24 heavy (non-hydrogen) atoms. The molecule has 0 heterocycles. The fourth-order valence-electron chi connectivity index (χ4n) is 2.13. The second-order valence-electron chi connectivity index (χ2n) is 5.07. The number of carbonyl (C=O) groups is 2. The van der Waals surface area contributed by atoms with Crippen LogP contribution >= 0.6 is 0 Å². The fourth-order valence-corrected chi connectivity index (χ4v) is 2.13. The fraction of sp³-hybridized carbons (Fsp3) is 0.222. The van der Waals surface area contributed by atoms with Crippen LogP contribution in [-0.4, -0.2) is 33.0 Å². The highest BCUT2D eigenvalue weighted by molar-refractivity contribution is 5.93. The van der Waals surface area contributed by atoms with E-state index in [1.807, 2.05) is 19.1 Å². The second-order valence-corrected chi connectivity index (χ2v) is 5.07. The summed E-state index contributed by atoms with van der Waals surface area (Å²) in [6, 6.07) is 10.2. The summed E-state index contributed by atoms with van der Waals surface area (Å²) in [5.74, 6) is 0.988. The molecule has 1 N–H and O–H groups in total. The van der Waals surface area contributed by atoms with E-state index in [4.69, 9.17) is 14.2 Å². The summed E-state index contributed by atoms with van der Waals surface area (Å²) >= 11 is 0. The van der Waals surface area contributed by atoms with Crippen LogP contribution in [0.3, 0.4) is 0 Å². The van der Waals surface area contributed by atoms with Gasteiger partial charge in [0.05, 0.1) is 19.9 Å². The summed E-state index contributed by atoms with van der Waals surface area (Å²) in [6.07, 6.45) is 0.698. The molecule has 0 bridgehead atoms. The standard InChI is InChI=1S/C18H19NO5/c1-12-4-6-15(22-2)14(8-12)19-18(21)11-24-17-9-13(10-20)5-7-16(17)23-3/h4-10H,11H2,1-3H3,(H,19,21). The van der Waals surface area contributed by atoms with E-state index in [1.165, 1.54) is 20.3 Å². The van der Waals surface area contributed by atoms with E-state index < -0.39 is 0 Å². The Kier molecular flexibility index (Phi) is 5.78. The molecular weight excluding hydrogens is 310 g/mol. The van der Waals surface area contributed by atoms with E-state index in [0.717, 1.165) is 5.56 Å². The van der Waals surface area contributed by atoms with Crippen molar-refractivity contribution in [2.45, 2.75) is 6.92 Å². The average Bonchev–Trinajstić information content (AvgIpc) is 2.59. The molecule has 0 unspecified atom stereocenters. The van der Waals surface area contributed by atoms with E-state index in [0.29, 0.717) is 34.8 Å². The molecule has 0 spiro atoms. The Morgan fingerprint density at radius 2 is 1.75 bits per heavy atom. The third kappa shape index (κ3) is 4.25. The third-order valence-corrected chi connectivity index (χ3v) is 3.31. The molecule has 0 saturated carbocycles. The summed E-state index contributed by atoms with van der Waals surface area (Å²) < 4.78 is 15.8. The zero-order valence-corrected chi connectivity index (χ0v) is 13.8. The lowest BCUT2D eigenvalue weighted by molar-refractivity contribution is -0.118. The molecule has 6 heteroatoms. The minimum atomic E-state index is -0.350. The minimum absolute atomic E-state index is 0.226. The highest BCUT2D eigenvalue weighted by Crippen LogP contribution is 2.28. The molecule has 2 aromatic carbocycles. The first-order valence-electron chi connectivity index (χ1n) is 7.28. The van der Waals surface area contributed by atoms with Gasteiger partial charge >= 0.3 is 0 Å². The molecule has 126 valence electrons. The first-order chi connectivity index (χ1) is 11.6. The number of hydrogen-bond donors (Lipinski definition) is 1. The monoisotopic (exact) mass is 329 g/mol. The number of nitrogens with one attached hydrogen (secondary N) is 1. The molecule has 0 atom stereocenters. The molecule has 6 nitrogen and oxygen atoms in total. The van der Waals surface area contributed by atoms with Crippen LogP contribution in [0.4, 0.5) is 5.69 Å². The highest BCUT2D eigenvalue weighted by atomic mass is 16.5. The van der Waals surface area contributed by atoms with Gasteiger partial charge in [-0.2, -0.15) is 0 Å². The van der Waals surface area contributed by atoms with Crippen molar-refractivity contribution in [2.24, 2.45) is 0 Å². The lowest BCUT2D eigenvalue weighted by Gasteiger charge is -2.13. The number of methoxy groups -OCH3 is 2. The number of rotatable bonds is 7. The van der Waals surface area contributed by atoms with Gasteiger partial charge in [0.2, 0.25) is 0 Å². The van der Waals surface area contributed by atoms with Crippen molar-refractivity contribution in [3.63, 3.8) is 0 Å². The van der Waals surface area contributed by atoms with Crippen molar-refractivity contribution in [1.29, 1.82) is 0 Å². The second kappa shape index (κ2) is 8.01. The van der Waals surface area contributed by atoms with Crippen LogP contribution in [0.5, 0.6) is 17.2 Å². The summed E-state index contributed by atoms with van der Waals surface area (Å²) in [4.78, 5) is 23.0. The van der Waals surface area contributed by atoms with E-state index in [-0.39, 0.29) is 12.5 Å². The zero-order valence-electron chi connectivity index (χ0n) is 13.8. The Bertz CT molecular complexity index is 742. The summed E-state index contributed by atoms with van der Waals surface area (Å²) in [6.45, 7) is 1.69. The van der Waals surface area contributed by atoms with Gasteiger partial charge in [-0.05, 0) is 42.8 Å². The van der Waals surface area contributed by atoms with Crippen LogP contribution in [-0.2, 0) is 4.79 Å². The van der Waals surface area contributed by atoms with Gasteiger partial charge in [0.15, 0.2) is 18.1 Å². The van der Waals surface area contributed by atoms with Gasteiger partial charge in [0.1, 0.15) is 12.0 Å². The lowest BCUT2D eigenvalue weighted by Crippen LogP contribution is -2.20. The number of aldehydes is 1. The molecule has 0 aromatic heterocycles. The van der Waals surface area contributed by atoms with Crippen molar-refractivity contribution in [3.8, 4) is 17.2 Å². The van der Waals surface area contributed by atoms with Gasteiger partial charge in [-0.1, -0.05) is 6.07 Å². The number of ether oxygens (including phenoxy) is 3. The van der Waals surface area contributed by atoms with Gasteiger partial charge in [-0.15, -0.1) is 0 Å². The van der Waals surface area contributed by atoms with Crippen molar-refractivity contribution in [3.05, 3.63) is 47.5 Å². The maximum Gasteiger partial charge on any atom is 0.262 e. The Hall–Kier alpha value is -3.02. The van der Waals surface area contributed by atoms with E-state index in [9.17, 15) is 9.59 Å². The Morgan fingerprint density at radius 3 is 2.42 bits per heavy atom. The smallest absolute Gasteiger partial charge is 0.262 e.